The SMILES string of the molecule is CCC(C(=O)Nc1cccc(C#N)c1)n1cc(C)ccc1=O. The van der Waals surface area contributed by atoms with Crippen molar-refractivity contribution in [1.82, 2.24) is 4.57 Å². The topological polar surface area (TPSA) is 74.9 Å². The van der Waals surface area contributed by atoms with Crippen molar-refractivity contribution in [2.45, 2.75) is 26.3 Å². The third kappa shape index (κ3) is 3.41. The quantitative estimate of drug-likeness (QED) is 0.942. The van der Waals surface area contributed by atoms with Crippen molar-refractivity contribution in [2.24, 2.45) is 0 Å². The molecule has 1 aromatic carbocycles. The van der Waals surface area contributed by atoms with Crippen LogP contribution in [0.25, 0.3) is 0 Å². The molecule has 0 saturated carbocycles. The number of nitriles is 1. The molecule has 0 radical (unpaired) electrons. The van der Waals surface area contributed by atoms with Crippen LogP contribution in [0.1, 0.15) is 30.5 Å². The molecule has 1 aromatic heterocycles. The number of amides is 1. The number of nitrogens with zero attached hydrogens (tertiary/aromatic N) is 2. The van der Waals surface area contributed by atoms with Gasteiger partial charge in [0.1, 0.15) is 6.04 Å². The Bertz CT molecular complexity index is 787. The van der Waals surface area contributed by atoms with Crippen LogP contribution in [0.15, 0.2) is 47.4 Å². The first-order chi connectivity index (χ1) is 10.5. The zero-order valence-corrected chi connectivity index (χ0v) is 12.5. The molecular formula is C17H17N3O2. The average Bonchev–Trinajstić information content (AvgIpc) is 2.51. The molecule has 0 aliphatic rings. The number of hydrogen-bond donors (Lipinski definition) is 1. The lowest BCUT2D eigenvalue weighted by molar-refractivity contribution is -0.119. The summed E-state index contributed by atoms with van der Waals surface area (Å²) >= 11 is 0. The summed E-state index contributed by atoms with van der Waals surface area (Å²) in [7, 11) is 0. The van der Waals surface area contributed by atoms with E-state index in [-0.39, 0.29) is 11.5 Å². The Hall–Kier alpha value is -2.87. The smallest absolute Gasteiger partial charge is 0.251 e. The number of aryl methyl sites for hydroxylation is 1. The third-order valence-electron chi connectivity index (χ3n) is 3.37. The van der Waals surface area contributed by atoms with E-state index in [4.69, 9.17) is 5.26 Å². The van der Waals surface area contributed by atoms with Gasteiger partial charge in [0.05, 0.1) is 11.6 Å². The highest BCUT2D eigenvalue weighted by atomic mass is 16.2. The number of anilines is 1. The van der Waals surface area contributed by atoms with Gasteiger partial charge in [0, 0.05) is 18.0 Å². The molecule has 1 atom stereocenters. The Labute approximate surface area is 128 Å². The Kier molecular flexibility index (Phi) is 4.74. The van der Waals surface area contributed by atoms with Crippen molar-refractivity contribution in [1.29, 1.82) is 5.26 Å². The van der Waals surface area contributed by atoms with Crippen LogP contribution < -0.4 is 10.9 Å². The van der Waals surface area contributed by atoms with E-state index in [1.807, 2.05) is 19.9 Å². The Morgan fingerprint density at radius 2 is 2.14 bits per heavy atom. The highest BCUT2D eigenvalue weighted by Crippen LogP contribution is 2.15. The van der Waals surface area contributed by atoms with Gasteiger partial charge in [-0.1, -0.05) is 19.1 Å². The summed E-state index contributed by atoms with van der Waals surface area (Å²) < 4.78 is 1.44. The third-order valence-corrected chi connectivity index (χ3v) is 3.37. The van der Waals surface area contributed by atoms with Gasteiger partial charge in [-0.2, -0.15) is 5.26 Å². The van der Waals surface area contributed by atoms with Gasteiger partial charge < -0.3 is 9.88 Å². The highest BCUT2D eigenvalue weighted by Gasteiger charge is 2.19. The number of benzene rings is 1. The molecule has 1 unspecified atom stereocenters. The van der Waals surface area contributed by atoms with Gasteiger partial charge in [0.15, 0.2) is 0 Å². The van der Waals surface area contributed by atoms with E-state index in [0.29, 0.717) is 17.7 Å². The van der Waals surface area contributed by atoms with Crippen LogP contribution in [0, 0.1) is 18.3 Å². The van der Waals surface area contributed by atoms with Crippen molar-refractivity contribution in [3.05, 3.63) is 64.1 Å². The van der Waals surface area contributed by atoms with Gasteiger partial charge in [-0.15, -0.1) is 0 Å². The Balaban J connectivity index is 2.27. The summed E-state index contributed by atoms with van der Waals surface area (Å²) in [4.78, 5) is 24.4. The van der Waals surface area contributed by atoms with Crippen molar-refractivity contribution in [3.63, 3.8) is 0 Å². The van der Waals surface area contributed by atoms with Crippen LogP contribution in [0.3, 0.4) is 0 Å². The lowest BCUT2D eigenvalue weighted by Crippen LogP contribution is -2.32. The normalized spacial score (nSPS) is 11.5. The molecule has 1 amide bonds. The first kappa shape index (κ1) is 15.5. The van der Waals surface area contributed by atoms with Gasteiger partial charge in [-0.3, -0.25) is 9.59 Å². The van der Waals surface area contributed by atoms with Crippen molar-refractivity contribution >= 4 is 11.6 Å². The number of hydrogen-bond acceptors (Lipinski definition) is 3. The molecule has 2 rings (SSSR count). The minimum Gasteiger partial charge on any atom is -0.324 e. The molecule has 5 nitrogen and oxygen atoms in total. The van der Waals surface area contributed by atoms with Gasteiger partial charge in [0.25, 0.3) is 5.56 Å². The van der Waals surface area contributed by atoms with Crippen molar-refractivity contribution < 1.29 is 4.79 Å². The first-order valence-electron chi connectivity index (χ1n) is 7.05. The van der Waals surface area contributed by atoms with E-state index in [0.717, 1.165) is 5.56 Å². The van der Waals surface area contributed by atoms with Crippen LogP contribution in [0.5, 0.6) is 0 Å². The fourth-order valence-electron chi connectivity index (χ4n) is 2.26. The van der Waals surface area contributed by atoms with Crippen molar-refractivity contribution in [3.8, 4) is 6.07 Å². The number of carbonyl (C=O) groups is 1. The number of rotatable bonds is 4. The van der Waals surface area contributed by atoms with Crippen molar-refractivity contribution in [2.75, 3.05) is 5.32 Å². The molecule has 0 bridgehead atoms. The second-order valence-electron chi connectivity index (χ2n) is 5.06. The summed E-state index contributed by atoms with van der Waals surface area (Å²) in [5.74, 6) is -0.273. The number of carbonyl (C=O) groups excluding carboxylic acids is 1. The summed E-state index contributed by atoms with van der Waals surface area (Å²) in [5, 5.41) is 11.7. The molecule has 2 aromatic rings. The molecule has 1 N–H and O–H groups in total. The van der Waals surface area contributed by atoms with Crippen LogP contribution in [0.2, 0.25) is 0 Å². The predicted molar refractivity (Wildman–Crippen MR) is 84.6 cm³/mol. The molecule has 1 heterocycles. The number of aromatic nitrogens is 1. The maximum Gasteiger partial charge on any atom is 0.251 e. The molecule has 0 saturated heterocycles. The van der Waals surface area contributed by atoms with Gasteiger partial charge in [0.2, 0.25) is 5.91 Å². The van der Waals surface area contributed by atoms with E-state index in [1.165, 1.54) is 10.6 Å². The molecular weight excluding hydrogens is 278 g/mol. The zero-order valence-electron chi connectivity index (χ0n) is 12.5. The summed E-state index contributed by atoms with van der Waals surface area (Å²) in [5.41, 5.74) is 1.72. The first-order valence-corrected chi connectivity index (χ1v) is 7.05. The molecule has 0 aliphatic heterocycles. The minimum atomic E-state index is -0.585. The zero-order chi connectivity index (χ0) is 16.1. The maximum absolute atomic E-state index is 12.5. The standard InChI is InChI=1S/C17H17N3O2/c1-3-15(20-11-12(2)7-8-16(20)21)17(22)19-14-6-4-5-13(9-14)10-18/h4-9,11,15H,3H2,1-2H3,(H,19,22). The lowest BCUT2D eigenvalue weighted by atomic mass is 10.1. The Morgan fingerprint density at radius 1 is 1.36 bits per heavy atom. The summed E-state index contributed by atoms with van der Waals surface area (Å²) in [6.07, 6.45) is 2.18. The summed E-state index contributed by atoms with van der Waals surface area (Å²) in [6.45, 7) is 3.72. The molecule has 112 valence electrons. The lowest BCUT2D eigenvalue weighted by Gasteiger charge is -2.18. The average molecular weight is 295 g/mol. The molecule has 0 fully saturated rings. The van der Waals surface area contributed by atoms with E-state index in [9.17, 15) is 9.59 Å². The largest absolute Gasteiger partial charge is 0.324 e. The van der Waals surface area contributed by atoms with Gasteiger partial charge in [-0.05, 0) is 37.1 Å². The van der Waals surface area contributed by atoms with Gasteiger partial charge in [-0.25, -0.2) is 0 Å². The predicted octanol–water partition coefficient (Wildman–Crippen LogP) is 2.62. The highest BCUT2D eigenvalue weighted by molar-refractivity contribution is 5.93. The second kappa shape index (κ2) is 6.72. The van der Waals surface area contributed by atoms with Crippen LogP contribution >= 0.6 is 0 Å². The van der Waals surface area contributed by atoms with E-state index < -0.39 is 6.04 Å². The molecule has 22 heavy (non-hydrogen) atoms. The van der Waals surface area contributed by atoms with E-state index in [2.05, 4.69) is 5.32 Å². The molecule has 0 spiro atoms. The monoisotopic (exact) mass is 295 g/mol. The van der Waals surface area contributed by atoms with E-state index in [1.54, 1.807) is 36.5 Å². The fraction of sp³-hybridized carbons (Fsp3) is 0.235. The molecule has 0 aliphatic carbocycles. The van der Waals surface area contributed by atoms with Crippen LogP contribution in [0.4, 0.5) is 5.69 Å². The number of nitrogens with one attached hydrogen (secondary N) is 1. The van der Waals surface area contributed by atoms with E-state index >= 15 is 0 Å². The maximum atomic E-state index is 12.5. The second-order valence-corrected chi connectivity index (χ2v) is 5.06. The molecule has 5 heteroatoms. The van der Waals surface area contributed by atoms with Crippen LogP contribution in [-0.4, -0.2) is 10.5 Å². The van der Waals surface area contributed by atoms with Gasteiger partial charge >= 0.3 is 0 Å². The van der Waals surface area contributed by atoms with Crippen LogP contribution in [-0.2, 0) is 4.79 Å². The fourth-order valence-corrected chi connectivity index (χ4v) is 2.26. The minimum absolute atomic E-state index is 0.210. The Morgan fingerprint density at radius 3 is 2.82 bits per heavy atom. The summed E-state index contributed by atoms with van der Waals surface area (Å²) in [6, 6.07) is 11.3. The number of pyridine rings is 1.